The zero-order valence-corrected chi connectivity index (χ0v) is 11.0. The Morgan fingerprint density at radius 2 is 2.00 bits per heavy atom. The lowest BCUT2D eigenvalue weighted by molar-refractivity contribution is 0.454. The van der Waals surface area contributed by atoms with Gasteiger partial charge < -0.3 is 5.73 Å². The van der Waals surface area contributed by atoms with E-state index in [4.69, 9.17) is 5.73 Å². The Labute approximate surface area is 114 Å². The van der Waals surface area contributed by atoms with Crippen LogP contribution in [0.1, 0.15) is 36.8 Å². The highest BCUT2D eigenvalue weighted by molar-refractivity contribution is 5.36. The van der Waals surface area contributed by atoms with Crippen molar-refractivity contribution in [3.8, 4) is 0 Å². The zero-order valence-electron chi connectivity index (χ0n) is 11.0. The fourth-order valence-electron chi connectivity index (χ4n) is 2.59. The second-order valence-electron chi connectivity index (χ2n) is 5.47. The van der Waals surface area contributed by atoms with E-state index in [0.29, 0.717) is 0 Å². The molecule has 2 aromatic rings. The van der Waals surface area contributed by atoms with Crippen LogP contribution in [-0.2, 0) is 5.54 Å². The minimum Gasteiger partial charge on any atom is -0.318 e. The summed E-state index contributed by atoms with van der Waals surface area (Å²) in [6.45, 7) is 0. The Bertz CT molecular complexity index is 478. The third kappa shape index (κ3) is 2.69. The van der Waals surface area contributed by atoms with Crippen molar-refractivity contribution in [3.05, 3.63) is 66.0 Å². The molecule has 1 aliphatic rings. The van der Waals surface area contributed by atoms with Gasteiger partial charge in [-0.25, -0.2) is 0 Å². The summed E-state index contributed by atoms with van der Waals surface area (Å²) >= 11 is 0. The standard InChI is InChI=1S/C17H19N2/c18-17(11-8-14-6-7-14,15-4-2-1-3-5-15)16-9-12-19-13-10-16/h1-4,9-10,12-14H,6-8,11,18H2. The lowest BCUT2D eigenvalue weighted by atomic mass is 9.80. The molecule has 0 bridgehead atoms. The first kappa shape index (κ1) is 12.4. The van der Waals surface area contributed by atoms with Gasteiger partial charge in [-0.15, -0.1) is 0 Å². The molecule has 1 heterocycles. The largest absolute Gasteiger partial charge is 0.318 e. The molecule has 1 saturated carbocycles. The predicted molar refractivity (Wildman–Crippen MR) is 76.4 cm³/mol. The molecule has 1 fully saturated rings. The number of pyridine rings is 1. The molecule has 97 valence electrons. The smallest absolute Gasteiger partial charge is 0.0672 e. The number of hydrogen-bond donors (Lipinski definition) is 1. The third-order valence-electron chi connectivity index (χ3n) is 4.03. The second kappa shape index (κ2) is 5.14. The molecular weight excluding hydrogens is 232 g/mol. The van der Waals surface area contributed by atoms with Crippen LogP contribution in [0.15, 0.2) is 48.8 Å². The van der Waals surface area contributed by atoms with Crippen LogP contribution in [0.5, 0.6) is 0 Å². The lowest BCUT2D eigenvalue weighted by Gasteiger charge is -2.30. The van der Waals surface area contributed by atoms with Crippen LogP contribution in [0.3, 0.4) is 0 Å². The summed E-state index contributed by atoms with van der Waals surface area (Å²) in [6, 6.07) is 15.4. The van der Waals surface area contributed by atoms with Crippen LogP contribution >= 0.6 is 0 Å². The fourth-order valence-corrected chi connectivity index (χ4v) is 2.59. The maximum absolute atomic E-state index is 6.76. The van der Waals surface area contributed by atoms with E-state index in [1.807, 2.05) is 42.7 Å². The van der Waals surface area contributed by atoms with Crippen molar-refractivity contribution in [2.24, 2.45) is 11.7 Å². The summed E-state index contributed by atoms with van der Waals surface area (Å²) < 4.78 is 0. The average Bonchev–Trinajstić information content (AvgIpc) is 3.31. The number of nitrogens with two attached hydrogens (primary N) is 1. The van der Waals surface area contributed by atoms with Crippen LogP contribution < -0.4 is 5.73 Å². The van der Waals surface area contributed by atoms with Gasteiger partial charge in [0.15, 0.2) is 0 Å². The summed E-state index contributed by atoms with van der Waals surface area (Å²) in [6.07, 6.45) is 8.54. The van der Waals surface area contributed by atoms with Gasteiger partial charge in [0.1, 0.15) is 0 Å². The Morgan fingerprint density at radius 1 is 1.21 bits per heavy atom. The van der Waals surface area contributed by atoms with Gasteiger partial charge in [-0.3, -0.25) is 4.98 Å². The molecule has 1 unspecified atom stereocenters. The summed E-state index contributed by atoms with van der Waals surface area (Å²) in [5.41, 5.74) is 8.52. The first-order chi connectivity index (χ1) is 9.29. The summed E-state index contributed by atoms with van der Waals surface area (Å²) in [5.74, 6) is 0.883. The van der Waals surface area contributed by atoms with Crippen molar-refractivity contribution in [2.45, 2.75) is 31.2 Å². The normalized spacial score (nSPS) is 17.9. The number of aromatic nitrogens is 1. The van der Waals surface area contributed by atoms with Crippen LogP contribution in [0.2, 0.25) is 0 Å². The molecule has 0 saturated heterocycles. The predicted octanol–water partition coefficient (Wildman–Crippen LogP) is 3.27. The molecule has 0 aliphatic heterocycles. The zero-order chi connectivity index (χ0) is 13.1. The maximum atomic E-state index is 6.76. The quantitative estimate of drug-likeness (QED) is 0.885. The van der Waals surface area contributed by atoms with E-state index in [1.54, 1.807) is 0 Å². The van der Waals surface area contributed by atoms with Crippen LogP contribution in [0.4, 0.5) is 0 Å². The van der Waals surface area contributed by atoms with Gasteiger partial charge in [-0.05, 0) is 48.1 Å². The highest BCUT2D eigenvalue weighted by Gasteiger charge is 2.32. The van der Waals surface area contributed by atoms with Gasteiger partial charge in [-0.2, -0.15) is 0 Å². The number of rotatable bonds is 5. The molecule has 0 spiro atoms. The maximum Gasteiger partial charge on any atom is 0.0672 e. The molecular formula is C17H19N2. The first-order valence-corrected chi connectivity index (χ1v) is 6.95. The van der Waals surface area contributed by atoms with E-state index in [0.717, 1.165) is 23.5 Å². The van der Waals surface area contributed by atoms with Gasteiger partial charge in [0.2, 0.25) is 0 Å². The molecule has 1 aliphatic carbocycles. The third-order valence-corrected chi connectivity index (χ3v) is 4.03. The molecule has 1 aromatic heterocycles. The SMILES string of the molecule is NC(CCC1CC1)(c1[c]cccc1)c1ccncc1. The topological polar surface area (TPSA) is 38.9 Å². The molecule has 1 atom stereocenters. The van der Waals surface area contributed by atoms with E-state index < -0.39 is 5.54 Å². The molecule has 2 heteroatoms. The number of hydrogen-bond acceptors (Lipinski definition) is 2. The van der Waals surface area contributed by atoms with Gasteiger partial charge in [0, 0.05) is 12.4 Å². The van der Waals surface area contributed by atoms with Crippen molar-refractivity contribution in [3.63, 3.8) is 0 Å². The molecule has 3 rings (SSSR count). The van der Waals surface area contributed by atoms with Crippen molar-refractivity contribution in [1.29, 1.82) is 0 Å². The number of benzene rings is 1. The Kier molecular flexibility index (Phi) is 3.34. The van der Waals surface area contributed by atoms with E-state index in [2.05, 4.69) is 17.1 Å². The Balaban J connectivity index is 1.94. The monoisotopic (exact) mass is 251 g/mol. The highest BCUT2D eigenvalue weighted by atomic mass is 14.8. The summed E-state index contributed by atoms with van der Waals surface area (Å²) in [7, 11) is 0. The lowest BCUT2D eigenvalue weighted by Crippen LogP contribution is -2.38. The van der Waals surface area contributed by atoms with Gasteiger partial charge >= 0.3 is 0 Å². The van der Waals surface area contributed by atoms with Crippen LogP contribution in [-0.4, -0.2) is 4.98 Å². The van der Waals surface area contributed by atoms with Crippen molar-refractivity contribution < 1.29 is 0 Å². The molecule has 19 heavy (non-hydrogen) atoms. The molecule has 0 amide bonds. The van der Waals surface area contributed by atoms with Crippen LogP contribution in [0, 0.1) is 12.0 Å². The van der Waals surface area contributed by atoms with Gasteiger partial charge in [0.05, 0.1) is 5.54 Å². The minimum absolute atomic E-state index is 0.438. The minimum atomic E-state index is -0.438. The molecule has 1 aromatic carbocycles. The van der Waals surface area contributed by atoms with Crippen molar-refractivity contribution in [1.82, 2.24) is 4.98 Å². The molecule has 2 nitrogen and oxygen atoms in total. The molecule has 2 N–H and O–H groups in total. The van der Waals surface area contributed by atoms with Gasteiger partial charge in [0.25, 0.3) is 0 Å². The Morgan fingerprint density at radius 3 is 2.63 bits per heavy atom. The van der Waals surface area contributed by atoms with Crippen LogP contribution in [0.25, 0.3) is 0 Å². The van der Waals surface area contributed by atoms with E-state index in [9.17, 15) is 0 Å². The average molecular weight is 251 g/mol. The Hall–Kier alpha value is -1.67. The van der Waals surface area contributed by atoms with E-state index >= 15 is 0 Å². The van der Waals surface area contributed by atoms with E-state index in [1.165, 1.54) is 19.3 Å². The van der Waals surface area contributed by atoms with Crippen molar-refractivity contribution in [2.75, 3.05) is 0 Å². The first-order valence-electron chi connectivity index (χ1n) is 6.95. The second-order valence-corrected chi connectivity index (χ2v) is 5.47. The highest BCUT2D eigenvalue weighted by Crippen LogP contribution is 2.39. The van der Waals surface area contributed by atoms with E-state index in [-0.39, 0.29) is 0 Å². The van der Waals surface area contributed by atoms with Gasteiger partial charge in [-0.1, -0.05) is 37.1 Å². The molecule has 1 radical (unpaired) electrons. The fraction of sp³-hybridized carbons (Fsp3) is 0.353. The summed E-state index contributed by atoms with van der Waals surface area (Å²) in [5, 5.41) is 0. The summed E-state index contributed by atoms with van der Waals surface area (Å²) in [4.78, 5) is 4.09. The van der Waals surface area contributed by atoms with Crippen molar-refractivity contribution >= 4 is 0 Å². The number of nitrogens with zero attached hydrogens (tertiary/aromatic N) is 1.